The van der Waals surface area contributed by atoms with Gasteiger partial charge in [0.1, 0.15) is 5.54 Å². The first-order valence-corrected chi connectivity index (χ1v) is 7.27. The van der Waals surface area contributed by atoms with E-state index in [2.05, 4.69) is 23.5 Å². The third kappa shape index (κ3) is 4.44. The van der Waals surface area contributed by atoms with Crippen molar-refractivity contribution in [2.75, 3.05) is 6.54 Å². The second-order valence-corrected chi connectivity index (χ2v) is 5.43. The molecule has 5 heteroatoms. The Bertz CT molecular complexity index is 379. The van der Waals surface area contributed by atoms with Crippen molar-refractivity contribution < 1.29 is 14.7 Å². The highest BCUT2D eigenvalue weighted by Gasteiger charge is 2.42. The van der Waals surface area contributed by atoms with Crippen molar-refractivity contribution in [2.24, 2.45) is 5.92 Å². The van der Waals surface area contributed by atoms with Crippen LogP contribution in [-0.2, 0) is 4.79 Å². The number of aliphatic carboxylic acids is 1. The predicted molar refractivity (Wildman–Crippen MR) is 77.2 cm³/mol. The number of nitrogens with one attached hydrogen (secondary N) is 2. The molecule has 0 aromatic rings. The molecule has 0 saturated heterocycles. The number of carboxylic acids is 1. The van der Waals surface area contributed by atoms with Crippen molar-refractivity contribution in [3.63, 3.8) is 0 Å². The number of terminal acetylenes is 1. The second-order valence-electron chi connectivity index (χ2n) is 5.43. The van der Waals surface area contributed by atoms with Crippen molar-refractivity contribution in [1.82, 2.24) is 10.6 Å². The maximum Gasteiger partial charge on any atom is 0.329 e. The van der Waals surface area contributed by atoms with Gasteiger partial charge in [-0.25, -0.2) is 9.59 Å². The molecule has 2 amide bonds. The first-order valence-electron chi connectivity index (χ1n) is 7.27. The number of rotatable bonds is 6. The summed E-state index contributed by atoms with van der Waals surface area (Å²) in [5, 5.41) is 14.8. The molecule has 3 N–H and O–H groups in total. The Morgan fingerprint density at radius 3 is 2.55 bits per heavy atom. The number of amides is 2. The molecule has 1 rings (SSSR count). The van der Waals surface area contributed by atoms with Crippen molar-refractivity contribution >= 4 is 12.0 Å². The predicted octanol–water partition coefficient (Wildman–Crippen LogP) is 2.12. The van der Waals surface area contributed by atoms with Crippen LogP contribution in [0.15, 0.2) is 0 Å². The topological polar surface area (TPSA) is 78.4 Å². The minimum Gasteiger partial charge on any atom is -0.480 e. The van der Waals surface area contributed by atoms with E-state index in [0.29, 0.717) is 38.1 Å². The van der Waals surface area contributed by atoms with Gasteiger partial charge >= 0.3 is 12.0 Å². The van der Waals surface area contributed by atoms with E-state index >= 15 is 0 Å². The van der Waals surface area contributed by atoms with Gasteiger partial charge in [-0.3, -0.25) is 0 Å². The summed E-state index contributed by atoms with van der Waals surface area (Å²) in [6, 6.07) is -0.417. The van der Waals surface area contributed by atoms with Gasteiger partial charge in [0.05, 0.1) is 0 Å². The van der Waals surface area contributed by atoms with Gasteiger partial charge in [0.15, 0.2) is 0 Å². The quantitative estimate of drug-likeness (QED) is 0.515. The van der Waals surface area contributed by atoms with Crippen LogP contribution in [-0.4, -0.2) is 29.2 Å². The highest BCUT2D eigenvalue weighted by atomic mass is 16.4. The molecule has 0 spiro atoms. The molecule has 20 heavy (non-hydrogen) atoms. The smallest absolute Gasteiger partial charge is 0.329 e. The molecule has 112 valence electrons. The number of hydrogen-bond acceptors (Lipinski definition) is 2. The minimum absolute atomic E-state index is 0.417. The van der Waals surface area contributed by atoms with Gasteiger partial charge in [-0.05, 0) is 38.0 Å². The Labute approximate surface area is 120 Å². The molecule has 1 aliphatic carbocycles. The number of carbonyl (C=O) groups is 2. The lowest BCUT2D eigenvalue weighted by molar-refractivity contribution is -0.146. The zero-order valence-electron chi connectivity index (χ0n) is 12.1. The van der Waals surface area contributed by atoms with Crippen LogP contribution in [0.3, 0.4) is 0 Å². The number of carboxylic acid groups (broad SMARTS) is 1. The van der Waals surface area contributed by atoms with Gasteiger partial charge < -0.3 is 15.7 Å². The van der Waals surface area contributed by atoms with Gasteiger partial charge in [0.2, 0.25) is 0 Å². The van der Waals surface area contributed by atoms with E-state index in [9.17, 15) is 14.7 Å². The van der Waals surface area contributed by atoms with Crippen molar-refractivity contribution in [3.05, 3.63) is 0 Å². The largest absolute Gasteiger partial charge is 0.480 e. The lowest BCUT2D eigenvalue weighted by Crippen LogP contribution is -2.58. The number of carbonyl (C=O) groups excluding carboxylic acids is 1. The molecule has 1 fully saturated rings. The molecule has 1 saturated carbocycles. The summed E-state index contributed by atoms with van der Waals surface area (Å²) in [6.07, 6.45) is 10.2. The van der Waals surface area contributed by atoms with E-state index in [4.69, 9.17) is 6.42 Å². The van der Waals surface area contributed by atoms with E-state index in [1.807, 2.05) is 0 Å². The molecular weight excluding hydrogens is 256 g/mol. The van der Waals surface area contributed by atoms with Crippen LogP contribution in [0.1, 0.15) is 51.9 Å². The average molecular weight is 280 g/mol. The Morgan fingerprint density at radius 1 is 1.40 bits per heavy atom. The van der Waals surface area contributed by atoms with E-state index in [1.54, 1.807) is 0 Å². The molecule has 0 aliphatic heterocycles. The number of hydrogen-bond donors (Lipinski definition) is 3. The molecule has 0 aromatic carbocycles. The SMILES string of the molecule is C#CCCCNC(=O)NC1(C(=O)O)CCC(CC)CC1. The van der Waals surface area contributed by atoms with Gasteiger partial charge in [-0.1, -0.05) is 13.3 Å². The lowest BCUT2D eigenvalue weighted by atomic mass is 9.75. The highest BCUT2D eigenvalue weighted by Crippen LogP contribution is 2.33. The summed E-state index contributed by atoms with van der Waals surface area (Å²) in [5.41, 5.74) is -1.11. The lowest BCUT2D eigenvalue weighted by Gasteiger charge is -2.37. The Hall–Kier alpha value is -1.70. The summed E-state index contributed by atoms with van der Waals surface area (Å²) in [6.45, 7) is 2.58. The summed E-state index contributed by atoms with van der Waals surface area (Å²) in [5.74, 6) is 2.13. The molecule has 0 unspecified atom stereocenters. The number of urea groups is 1. The normalized spacial score (nSPS) is 25.5. The Balaban J connectivity index is 2.49. The average Bonchev–Trinajstić information content (AvgIpc) is 2.44. The molecule has 0 atom stereocenters. The molecule has 0 heterocycles. The zero-order chi connectivity index (χ0) is 15.0. The molecule has 1 aliphatic rings. The van der Waals surface area contributed by atoms with E-state index in [1.165, 1.54) is 0 Å². The standard InChI is InChI=1S/C15H24N2O3/c1-3-5-6-11-16-14(20)17-15(13(18)19)9-7-12(4-2)8-10-15/h1,12H,4-11H2,2H3,(H,18,19)(H2,16,17,20). The maximum atomic E-state index is 11.8. The fourth-order valence-electron chi connectivity index (χ4n) is 2.62. The molecule has 5 nitrogen and oxygen atoms in total. The minimum atomic E-state index is -1.11. The monoisotopic (exact) mass is 280 g/mol. The van der Waals surface area contributed by atoms with Crippen LogP contribution in [0.2, 0.25) is 0 Å². The van der Waals surface area contributed by atoms with Crippen LogP contribution in [0.25, 0.3) is 0 Å². The van der Waals surface area contributed by atoms with Crippen molar-refractivity contribution in [3.8, 4) is 12.3 Å². The van der Waals surface area contributed by atoms with Crippen LogP contribution >= 0.6 is 0 Å². The van der Waals surface area contributed by atoms with Crippen LogP contribution < -0.4 is 10.6 Å². The van der Waals surface area contributed by atoms with Gasteiger partial charge in [0, 0.05) is 13.0 Å². The first kappa shape index (κ1) is 16.4. The van der Waals surface area contributed by atoms with Crippen LogP contribution in [0.5, 0.6) is 0 Å². The zero-order valence-corrected chi connectivity index (χ0v) is 12.1. The summed E-state index contributed by atoms with van der Waals surface area (Å²) < 4.78 is 0. The van der Waals surface area contributed by atoms with Crippen molar-refractivity contribution in [1.29, 1.82) is 0 Å². The molecule has 0 radical (unpaired) electrons. The summed E-state index contributed by atoms with van der Waals surface area (Å²) in [4.78, 5) is 23.3. The van der Waals surface area contributed by atoms with Crippen LogP contribution in [0.4, 0.5) is 4.79 Å². The van der Waals surface area contributed by atoms with Gasteiger partial charge in [0.25, 0.3) is 0 Å². The molecule has 0 aromatic heterocycles. The van der Waals surface area contributed by atoms with Crippen LogP contribution in [0, 0.1) is 18.3 Å². The fraction of sp³-hybridized carbons (Fsp3) is 0.733. The number of unbranched alkanes of at least 4 members (excludes halogenated alkanes) is 1. The first-order chi connectivity index (χ1) is 9.54. The summed E-state index contributed by atoms with van der Waals surface area (Å²) >= 11 is 0. The Morgan fingerprint density at radius 2 is 2.05 bits per heavy atom. The maximum absolute atomic E-state index is 11.8. The molecular formula is C15H24N2O3. The summed E-state index contributed by atoms with van der Waals surface area (Å²) in [7, 11) is 0. The molecule has 0 bridgehead atoms. The van der Waals surface area contributed by atoms with E-state index < -0.39 is 17.5 Å². The van der Waals surface area contributed by atoms with E-state index in [-0.39, 0.29) is 0 Å². The third-order valence-electron chi connectivity index (χ3n) is 4.08. The van der Waals surface area contributed by atoms with E-state index in [0.717, 1.165) is 19.3 Å². The third-order valence-corrected chi connectivity index (χ3v) is 4.08. The van der Waals surface area contributed by atoms with Gasteiger partial charge in [-0.15, -0.1) is 12.3 Å². The Kier molecular flexibility index (Phi) is 6.37. The highest BCUT2D eigenvalue weighted by molar-refractivity contribution is 5.86. The van der Waals surface area contributed by atoms with Gasteiger partial charge in [-0.2, -0.15) is 0 Å². The second kappa shape index (κ2) is 7.78. The van der Waals surface area contributed by atoms with Crippen molar-refractivity contribution in [2.45, 2.75) is 57.4 Å². The fourth-order valence-corrected chi connectivity index (χ4v) is 2.62.